The molecule has 2 rings (SSSR count). The largest absolute Gasteiger partial charge is 0.399 e. The van der Waals surface area contributed by atoms with Crippen molar-refractivity contribution in [3.8, 4) is 0 Å². The zero-order valence-corrected chi connectivity index (χ0v) is 10.5. The Balaban J connectivity index is 2.43. The first-order valence-electron chi connectivity index (χ1n) is 4.94. The number of rotatable bonds is 2. The predicted octanol–water partition coefficient (Wildman–Crippen LogP) is 4.60. The van der Waals surface area contributed by atoms with Gasteiger partial charge < -0.3 is 11.1 Å². The first-order chi connectivity index (χ1) is 8.47. The summed E-state index contributed by atoms with van der Waals surface area (Å²) in [6, 6.07) is 6.61. The molecule has 0 aliphatic heterocycles. The van der Waals surface area contributed by atoms with Gasteiger partial charge in [-0.1, -0.05) is 23.2 Å². The van der Waals surface area contributed by atoms with E-state index in [-0.39, 0.29) is 11.4 Å². The summed E-state index contributed by atoms with van der Waals surface area (Å²) in [5.74, 6) is -1.60. The Morgan fingerprint density at radius 3 is 2.22 bits per heavy atom. The summed E-state index contributed by atoms with van der Waals surface area (Å²) < 4.78 is 27.1. The van der Waals surface area contributed by atoms with Crippen molar-refractivity contribution >= 4 is 40.3 Å². The molecule has 0 bridgehead atoms. The van der Waals surface area contributed by atoms with Gasteiger partial charge in [0.25, 0.3) is 0 Å². The monoisotopic (exact) mass is 288 g/mol. The van der Waals surface area contributed by atoms with Crippen LogP contribution < -0.4 is 11.1 Å². The van der Waals surface area contributed by atoms with Crippen LogP contribution in [0.4, 0.5) is 25.8 Å². The van der Waals surface area contributed by atoms with Crippen molar-refractivity contribution in [3.63, 3.8) is 0 Å². The molecule has 0 atom stereocenters. The summed E-state index contributed by atoms with van der Waals surface area (Å²) in [7, 11) is 0. The maximum absolute atomic E-state index is 13.6. The lowest BCUT2D eigenvalue weighted by molar-refractivity contribution is 0.592. The van der Waals surface area contributed by atoms with E-state index < -0.39 is 11.6 Å². The molecule has 94 valence electrons. The summed E-state index contributed by atoms with van der Waals surface area (Å²) in [5.41, 5.74) is 5.31. The third-order valence-corrected chi connectivity index (χ3v) is 2.82. The normalized spacial score (nSPS) is 10.4. The molecule has 0 fully saturated rings. The van der Waals surface area contributed by atoms with Crippen LogP contribution >= 0.6 is 23.2 Å². The average Bonchev–Trinajstić information content (AvgIpc) is 2.28. The van der Waals surface area contributed by atoms with Crippen molar-refractivity contribution in [2.45, 2.75) is 0 Å². The van der Waals surface area contributed by atoms with Gasteiger partial charge in [-0.05, 0) is 30.3 Å². The van der Waals surface area contributed by atoms with Gasteiger partial charge in [0.05, 0.1) is 10.7 Å². The zero-order valence-electron chi connectivity index (χ0n) is 8.98. The van der Waals surface area contributed by atoms with E-state index in [0.717, 1.165) is 12.1 Å². The van der Waals surface area contributed by atoms with E-state index in [1.54, 1.807) is 6.07 Å². The predicted molar refractivity (Wildman–Crippen MR) is 70.5 cm³/mol. The molecule has 0 spiro atoms. The van der Waals surface area contributed by atoms with Crippen LogP contribution in [0.2, 0.25) is 10.0 Å². The number of hydrogen-bond donors (Lipinski definition) is 2. The summed E-state index contributed by atoms with van der Waals surface area (Å²) in [6.45, 7) is 0. The van der Waals surface area contributed by atoms with Gasteiger partial charge in [0.2, 0.25) is 0 Å². The second-order valence-electron chi connectivity index (χ2n) is 3.61. The van der Waals surface area contributed by atoms with Crippen LogP contribution in [-0.4, -0.2) is 0 Å². The lowest BCUT2D eigenvalue weighted by atomic mass is 10.2. The van der Waals surface area contributed by atoms with Crippen LogP contribution in [0.5, 0.6) is 0 Å². The van der Waals surface area contributed by atoms with Crippen LogP contribution in [0, 0.1) is 11.6 Å². The highest BCUT2D eigenvalue weighted by Gasteiger charge is 2.12. The van der Waals surface area contributed by atoms with Gasteiger partial charge in [-0.25, -0.2) is 8.78 Å². The molecule has 0 saturated carbocycles. The third kappa shape index (κ3) is 2.66. The highest BCUT2D eigenvalue weighted by Crippen LogP contribution is 2.31. The molecule has 0 aliphatic rings. The second kappa shape index (κ2) is 5.00. The number of nitrogens with one attached hydrogen (secondary N) is 1. The molecule has 2 nitrogen and oxygen atoms in total. The Kier molecular flexibility index (Phi) is 3.59. The molecule has 0 saturated heterocycles. The molecular weight excluding hydrogens is 281 g/mol. The van der Waals surface area contributed by atoms with E-state index in [1.165, 1.54) is 12.1 Å². The average molecular weight is 289 g/mol. The molecule has 0 amide bonds. The maximum Gasteiger partial charge on any atom is 0.151 e. The lowest BCUT2D eigenvalue weighted by Gasteiger charge is -2.11. The molecule has 0 heterocycles. The minimum Gasteiger partial charge on any atom is -0.399 e. The fourth-order valence-corrected chi connectivity index (χ4v) is 1.78. The van der Waals surface area contributed by atoms with Crippen LogP contribution in [0.25, 0.3) is 0 Å². The summed E-state index contributed by atoms with van der Waals surface area (Å²) in [5, 5.41) is 3.26. The van der Waals surface area contributed by atoms with E-state index in [0.29, 0.717) is 15.7 Å². The van der Waals surface area contributed by atoms with Crippen molar-refractivity contribution in [2.75, 3.05) is 11.1 Å². The topological polar surface area (TPSA) is 38.0 Å². The summed E-state index contributed by atoms with van der Waals surface area (Å²) >= 11 is 11.7. The molecule has 0 unspecified atom stereocenters. The Morgan fingerprint density at radius 2 is 1.61 bits per heavy atom. The number of nitrogens with two attached hydrogens (primary N) is 1. The van der Waals surface area contributed by atoms with Crippen LogP contribution in [0.15, 0.2) is 30.3 Å². The number of anilines is 3. The first kappa shape index (κ1) is 12.9. The van der Waals surface area contributed by atoms with E-state index in [9.17, 15) is 8.78 Å². The van der Waals surface area contributed by atoms with Crippen molar-refractivity contribution < 1.29 is 8.78 Å². The molecule has 2 aromatic carbocycles. The van der Waals surface area contributed by atoms with Crippen LogP contribution in [0.3, 0.4) is 0 Å². The van der Waals surface area contributed by atoms with Gasteiger partial charge in [-0.2, -0.15) is 0 Å². The van der Waals surface area contributed by atoms with Gasteiger partial charge in [0.1, 0.15) is 5.69 Å². The van der Waals surface area contributed by atoms with Gasteiger partial charge in [0.15, 0.2) is 11.6 Å². The number of halogens is 4. The van der Waals surface area contributed by atoms with E-state index in [4.69, 9.17) is 28.9 Å². The van der Waals surface area contributed by atoms with Gasteiger partial charge in [0, 0.05) is 10.7 Å². The summed E-state index contributed by atoms with van der Waals surface area (Å²) in [6.07, 6.45) is 0. The molecular formula is C12H8Cl2F2N2. The maximum atomic E-state index is 13.6. The Morgan fingerprint density at radius 1 is 1.00 bits per heavy atom. The Bertz CT molecular complexity index is 580. The minimum atomic E-state index is -0.802. The number of hydrogen-bond acceptors (Lipinski definition) is 2. The standard InChI is InChI=1S/C12H8Cl2F2N2/c13-6-1-2-8(14)11(3-6)18-12-9(15)4-7(17)5-10(12)16/h1-5,18H,17H2. The van der Waals surface area contributed by atoms with Gasteiger partial charge in [-0.3, -0.25) is 0 Å². The minimum absolute atomic E-state index is 0.00717. The molecule has 0 aliphatic carbocycles. The molecule has 2 aromatic rings. The SMILES string of the molecule is Nc1cc(F)c(Nc2cc(Cl)ccc2Cl)c(F)c1. The van der Waals surface area contributed by atoms with E-state index >= 15 is 0 Å². The molecule has 0 radical (unpaired) electrons. The van der Waals surface area contributed by atoms with Gasteiger partial charge >= 0.3 is 0 Å². The van der Waals surface area contributed by atoms with Crippen molar-refractivity contribution in [2.24, 2.45) is 0 Å². The summed E-state index contributed by atoms with van der Waals surface area (Å²) in [4.78, 5) is 0. The lowest BCUT2D eigenvalue weighted by Crippen LogP contribution is -2.00. The van der Waals surface area contributed by atoms with Crippen LogP contribution in [-0.2, 0) is 0 Å². The zero-order chi connectivity index (χ0) is 13.3. The molecule has 3 N–H and O–H groups in total. The van der Waals surface area contributed by atoms with Crippen molar-refractivity contribution in [1.82, 2.24) is 0 Å². The molecule has 0 aromatic heterocycles. The van der Waals surface area contributed by atoms with E-state index in [2.05, 4.69) is 5.32 Å². The highest BCUT2D eigenvalue weighted by molar-refractivity contribution is 6.35. The third-order valence-electron chi connectivity index (χ3n) is 2.25. The second-order valence-corrected chi connectivity index (χ2v) is 4.45. The molecule has 18 heavy (non-hydrogen) atoms. The molecule has 6 heteroatoms. The fraction of sp³-hybridized carbons (Fsp3) is 0. The van der Waals surface area contributed by atoms with Crippen LogP contribution in [0.1, 0.15) is 0 Å². The highest BCUT2D eigenvalue weighted by atomic mass is 35.5. The van der Waals surface area contributed by atoms with Gasteiger partial charge in [-0.15, -0.1) is 0 Å². The Labute approximate surface area is 112 Å². The number of benzene rings is 2. The first-order valence-corrected chi connectivity index (χ1v) is 5.69. The van der Waals surface area contributed by atoms with Crippen molar-refractivity contribution in [3.05, 3.63) is 52.0 Å². The van der Waals surface area contributed by atoms with E-state index in [1.807, 2.05) is 0 Å². The fourth-order valence-electron chi connectivity index (χ4n) is 1.44. The van der Waals surface area contributed by atoms with Crippen molar-refractivity contribution in [1.29, 1.82) is 0 Å². The number of nitrogen functional groups attached to an aromatic ring is 1. The smallest absolute Gasteiger partial charge is 0.151 e. The quantitative estimate of drug-likeness (QED) is 0.793. The Hall–Kier alpha value is -1.52.